The Kier molecular flexibility index (Phi) is 4.27. The van der Waals surface area contributed by atoms with Crippen LogP contribution in [0.25, 0.3) is 0 Å². The van der Waals surface area contributed by atoms with E-state index in [1.165, 1.54) is 18.2 Å². The minimum atomic E-state index is -0.960. The molecular weight excluding hydrogens is 321 g/mol. The lowest BCUT2D eigenvalue weighted by atomic mass is 10.0. The van der Waals surface area contributed by atoms with E-state index in [9.17, 15) is 18.3 Å². The Hall–Kier alpha value is -1.33. The van der Waals surface area contributed by atoms with Crippen molar-refractivity contribution in [2.45, 2.75) is 12.5 Å². The molecule has 0 fully saturated rings. The minimum absolute atomic E-state index is 0.0484. The van der Waals surface area contributed by atoms with E-state index in [0.29, 0.717) is 11.1 Å². The third-order valence-corrected chi connectivity index (χ3v) is 3.29. The molecule has 2 aromatic carbocycles. The van der Waals surface area contributed by atoms with E-state index >= 15 is 0 Å². The molecule has 1 nitrogen and oxygen atoms in total. The molecule has 1 N–H and O–H groups in total. The Bertz CT molecular complexity index is 581. The summed E-state index contributed by atoms with van der Waals surface area (Å²) in [5.74, 6) is -1.82. The fraction of sp³-hybridized carbons (Fsp3) is 0.143. The monoisotopic (exact) mass is 330 g/mol. The first-order valence-electron chi connectivity index (χ1n) is 5.53. The van der Waals surface area contributed by atoms with Crippen molar-refractivity contribution in [1.82, 2.24) is 0 Å². The summed E-state index contributed by atoms with van der Waals surface area (Å²) in [6.45, 7) is 0. The number of aliphatic hydroxyl groups is 1. The van der Waals surface area contributed by atoms with Crippen LogP contribution in [0.1, 0.15) is 17.2 Å². The Morgan fingerprint density at radius 1 is 1.00 bits per heavy atom. The molecule has 0 aliphatic carbocycles. The van der Waals surface area contributed by atoms with Gasteiger partial charge in [0.05, 0.1) is 10.6 Å². The Morgan fingerprint density at radius 2 is 1.63 bits per heavy atom. The van der Waals surface area contributed by atoms with E-state index < -0.39 is 23.6 Å². The van der Waals surface area contributed by atoms with Gasteiger partial charge in [-0.1, -0.05) is 6.07 Å². The van der Waals surface area contributed by atoms with Crippen molar-refractivity contribution < 1.29 is 18.3 Å². The molecule has 0 amide bonds. The van der Waals surface area contributed by atoms with Gasteiger partial charge < -0.3 is 5.11 Å². The first-order chi connectivity index (χ1) is 8.95. The van der Waals surface area contributed by atoms with Crippen molar-refractivity contribution in [2.24, 2.45) is 0 Å². The summed E-state index contributed by atoms with van der Waals surface area (Å²) in [7, 11) is 0. The molecule has 0 aliphatic heterocycles. The second-order valence-electron chi connectivity index (χ2n) is 4.17. The van der Waals surface area contributed by atoms with Gasteiger partial charge in [-0.2, -0.15) is 0 Å². The number of halogens is 4. The highest BCUT2D eigenvalue weighted by Crippen LogP contribution is 2.24. The van der Waals surface area contributed by atoms with Crippen LogP contribution in [0.4, 0.5) is 13.2 Å². The van der Waals surface area contributed by atoms with Gasteiger partial charge in [-0.15, -0.1) is 0 Å². The number of aliphatic hydroxyl groups excluding tert-OH is 1. The highest BCUT2D eigenvalue weighted by atomic mass is 79.9. The minimum Gasteiger partial charge on any atom is -0.388 e. The van der Waals surface area contributed by atoms with Crippen molar-refractivity contribution in [3.05, 3.63) is 69.4 Å². The Labute approximate surface area is 116 Å². The van der Waals surface area contributed by atoms with Crippen LogP contribution in [-0.4, -0.2) is 5.11 Å². The molecule has 0 heterocycles. The van der Waals surface area contributed by atoms with E-state index in [0.717, 1.165) is 18.2 Å². The molecule has 0 aromatic heterocycles. The van der Waals surface area contributed by atoms with Gasteiger partial charge in [-0.25, -0.2) is 13.2 Å². The standard InChI is InChI=1S/C14H10BrF3O/c15-12-6-9(1-2-13(12)18)14(19)5-8-3-10(16)7-11(17)4-8/h1-4,6-7,14,19H,5H2. The molecule has 100 valence electrons. The molecule has 2 rings (SSSR count). The van der Waals surface area contributed by atoms with Crippen LogP contribution in [0.15, 0.2) is 40.9 Å². The fourth-order valence-electron chi connectivity index (χ4n) is 1.79. The molecule has 19 heavy (non-hydrogen) atoms. The lowest BCUT2D eigenvalue weighted by Crippen LogP contribution is -2.03. The molecule has 5 heteroatoms. The lowest BCUT2D eigenvalue weighted by Gasteiger charge is -2.12. The smallest absolute Gasteiger partial charge is 0.137 e. The molecule has 0 aliphatic rings. The SMILES string of the molecule is OC(Cc1cc(F)cc(F)c1)c1ccc(F)c(Br)c1. The summed E-state index contributed by atoms with van der Waals surface area (Å²) in [6, 6.07) is 7.17. The average molecular weight is 331 g/mol. The molecule has 0 spiro atoms. The zero-order valence-corrected chi connectivity index (χ0v) is 11.3. The largest absolute Gasteiger partial charge is 0.388 e. The summed E-state index contributed by atoms with van der Waals surface area (Å²) in [6.07, 6.45) is -0.912. The van der Waals surface area contributed by atoms with Gasteiger partial charge in [0, 0.05) is 12.5 Å². The van der Waals surface area contributed by atoms with Crippen molar-refractivity contribution in [1.29, 1.82) is 0 Å². The maximum absolute atomic E-state index is 13.1. The van der Waals surface area contributed by atoms with Crippen molar-refractivity contribution in [2.75, 3.05) is 0 Å². The molecule has 0 saturated carbocycles. The second-order valence-corrected chi connectivity index (χ2v) is 5.03. The number of hydrogen-bond acceptors (Lipinski definition) is 1. The predicted octanol–water partition coefficient (Wildman–Crippen LogP) is 4.14. The summed E-state index contributed by atoms with van der Waals surface area (Å²) in [4.78, 5) is 0. The quantitative estimate of drug-likeness (QED) is 0.896. The van der Waals surface area contributed by atoms with E-state index in [4.69, 9.17) is 0 Å². The molecule has 1 unspecified atom stereocenters. The number of rotatable bonds is 3. The van der Waals surface area contributed by atoms with Crippen LogP contribution in [0.3, 0.4) is 0 Å². The molecule has 0 radical (unpaired) electrons. The maximum atomic E-state index is 13.1. The van der Waals surface area contributed by atoms with Crippen LogP contribution in [0.2, 0.25) is 0 Å². The van der Waals surface area contributed by atoms with Gasteiger partial charge in [-0.3, -0.25) is 0 Å². The highest BCUT2D eigenvalue weighted by Gasteiger charge is 2.12. The van der Waals surface area contributed by atoms with Gasteiger partial charge >= 0.3 is 0 Å². The lowest BCUT2D eigenvalue weighted by molar-refractivity contribution is 0.178. The van der Waals surface area contributed by atoms with E-state index in [1.54, 1.807) is 0 Å². The molecule has 2 aromatic rings. The zero-order valence-electron chi connectivity index (χ0n) is 9.71. The zero-order chi connectivity index (χ0) is 14.0. The van der Waals surface area contributed by atoms with Crippen molar-refractivity contribution in [3.8, 4) is 0 Å². The highest BCUT2D eigenvalue weighted by molar-refractivity contribution is 9.10. The van der Waals surface area contributed by atoms with Crippen LogP contribution >= 0.6 is 15.9 Å². The molecule has 0 saturated heterocycles. The summed E-state index contributed by atoms with van der Waals surface area (Å²) in [5, 5.41) is 9.98. The maximum Gasteiger partial charge on any atom is 0.137 e. The first kappa shape index (κ1) is 14.1. The summed E-state index contributed by atoms with van der Waals surface area (Å²) in [5.41, 5.74) is 0.809. The first-order valence-corrected chi connectivity index (χ1v) is 6.33. The van der Waals surface area contributed by atoms with Gasteiger partial charge in [0.25, 0.3) is 0 Å². The van der Waals surface area contributed by atoms with Crippen LogP contribution in [-0.2, 0) is 6.42 Å². The number of hydrogen-bond donors (Lipinski definition) is 1. The number of benzene rings is 2. The molecule has 1 atom stereocenters. The third-order valence-electron chi connectivity index (χ3n) is 2.68. The van der Waals surface area contributed by atoms with E-state index in [-0.39, 0.29) is 10.9 Å². The van der Waals surface area contributed by atoms with Gasteiger partial charge in [0.15, 0.2) is 0 Å². The van der Waals surface area contributed by atoms with E-state index in [1.807, 2.05) is 0 Å². The van der Waals surface area contributed by atoms with Crippen LogP contribution < -0.4 is 0 Å². The normalized spacial score (nSPS) is 12.5. The van der Waals surface area contributed by atoms with Gasteiger partial charge in [0.1, 0.15) is 17.5 Å². The molecule has 0 bridgehead atoms. The Balaban J connectivity index is 2.20. The van der Waals surface area contributed by atoms with Crippen molar-refractivity contribution in [3.63, 3.8) is 0 Å². The summed E-state index contributed by atoms with van der Waals surface area (Å²) >= 11 is 3.02. The van der Waals surface area contributed by atoms with Crippen molar-refractivity contribution >= 4 is 15.9 Å². The predicted molar refractivity (Wildman–Crippen MR) is 69.1 cm³/mol. The van der Waals surface area contributed by atoms with E-state index in [2.05, 4.69) is 15.9 Å². The Morgan fingerprint density at radius 3 is 2.21 bits per heavy atom. The molecular formula is C14H10BrF3O. The fourth-order valence-corrected chi connectivity index (χ4v) is 2.19. The van der Waals surface area contributed by atoms with Crippen LogP contribution in [0, 0.1) is 17.5 Å². The average Bonchev–Trinajstić information content (AvgIpc) is 2.31. The van der Waals surface area contributed by atoms with Gasteiger partial charge in [-0.05, 0) is 51.3 Å². The second kappa shape index (κ2) is 5.75. The summed E-state index contributed by atoms with van der Waals surface area (Å²) < 4.78 is 39.3. The van der Waals surface area contributed by atoms with Gasteiger partial charge in [0.2, 0.25) is 0 Å². The van der Waals surface area contributed by atoms with Crippen LogP contribution in [0.5, 0.6) is 0 Å². The topological polar surface area (TPSA) is 20.2 Å². The third kappa shape index (κ3) is 3.58.